The summed E-state index contributed by atoms with van der Waals surface area (Å²) in [6.45, 7) is 1.28. The minimum atomic E-state index is -1.67. The summed E-state index contributed by atoms with van der Waals surface area (Å²) in [5, 5.41) is 24.6. The van der Waals surface area contributed by atoms with Gasteiger partial charge in [0.25, 0.3) is 0 Å². The van der Waals surface area contributed by atoms with E-state index in [4.69, 9.17) is 21.7 Å². The maximum absolute atomic E-state index is 12.5. The SMILES string of the molecule is CSCCC(NC(=O)C(N)CCC(N)=O)C(=O)NC(C)C(=O)NC(CC(=O)O)C(=O)O. The van der Waals surface area contributed by atoms with Gasteiger partial charge in [0.15, 0.2) is 0 Å². The molecular formula is C17H29N5O8S. The fourth-order valence-corrected chi connectivity index (χ4v) is 2.73. The second-order valence-electron chi connectivity index (χ2n) is 6.68. The number of carboxylic acid groups (broad SMARTS) is 2. The van der Waals surface area contributed by atoms with Crippen LogP contribution in [-0.4, -0.2) is 82.0 Å². The number of nitrogens with one attached hydrogen (secondary N) is 3. The number of hydrogen-bond donors (Lipinski definition) is 7. The van der Waals surface area contributed by atoms with E-state index in [1.807, 2.05) is 5.32 Å². The van der Waals surface area contributed by atoms with Gasteiger partial charge in [0.05, 0.1) is 12.5 Å². The monoisotopic (exact) mass is 463 g/mol. The number of carbonyl (C=O) groups is 6. The first kappa shape index (κ1) is 28.1. The molecule has 0 aliphatic rings. The van der Waals surface area contributed by atoms with Crippen LogP contribution in [0.15, 0.2) is 0 Å². The minimum absolute atomic E-state index is 0.00298. The van der Waals surface area contributed by atoms with Crippen LogP contribution in [0.4, 0.5) is 0 Å². The van der Waals surface area contributed by atoms with Crippen molar-refractivity contribution in [2.45, 2.75) is 56.8 Å². The van der Waals surface area contributed by atoms with Gasteiger partial charge < -0.3 is 37.6 Å². The van der Waals surface area contributed by atoms with Crippen molar-refractivity contribution in [2.75, 3.05) is 12.0 Å². The predicted molar refractivity (Wildman–Crippen MR) is 111 cm³/mol. The maximum atomic E-state index is 12.5. The molecule has 4 amide bonds. The third kappa shape index (κ3) is 11.8. The Morgan fingerprint density at radius 1 is 0.903 bits per heavy atom. The van der Waals surface area contributed by atoms with E-state index in [1.54, 1.807) is 6.26 Å². The average molecular weight is 464 g/mol. The molecule has 0 saturated heterocycles. The Kier molecular flexibility index (Phi) is 12.9. The molecule has 0 aromatic heterocycles. The molecule has 31 heavy (non-hydrogen) atoms. The first-order valence-electron chi connectivity index (χ1n) is 9.27. The zero-order chi connectivity index (χ0) is 24.1. The molecule has 0 aromatic rings. The van der Waals surface area contributed by atoms with Crippen molar-refractivity contribution < 1.29 is 39.0 Å². The topological polar surface area (TPSA) is 231 Å². The number of nitrogens with two attached hydrogens (primary N) is 2. The highest BCUT2D eigenvalue weighted by molar-refractivity contribution is 7.98. The lowest BCUT2D eigenvalue weighted by atomic mass is 10.1. The zero-order valence-electron chi connectivity index (χ0n) is 17.3. The summed E-state index contributed by atoms with van der Waals surface area (Å²) >= 11 is 1.42. The van der Waals surface area contributed by atoms with Crippen molar-refractivity contribution in [1.82, 2.24) is 16.0 Å². The van der Waals surface area contributed by atoms with Crippen LogP contribution in [-0.2, 0) is 28.8 Å². The Morgan fingerprint density at radius 3 is 1.97 bits per heavy atom. The third-order valence-electron chi connectivity index (χ3n) is 4.03. The lowest BCUT2D eigenvalue weighted by molar-refractivity contribution is -0.147. The number of rotatable bonds is 15. The summed E-state index contributed by atoms with van der Waals surface area (Å²) < 4.78 is 0. The molecule has 14 heteroatoms. The van der Waals surface area contributed by atoms with Crippen LogP contribution in [0, 0.1) is 0 Å². The summed E-state index contributed by atoms with van der Waals surface area (Å²) in [6.07, 6.45) is 1.06. The second kappa shape index (κ2) is 14.2. The van der Waals surface area contributed by atoms with Gasteiger partial charge in [-0.2, -0.15) is 11.8 Å². The summed E-state index contributed by atoms with van der Waals surface area (Å²) in [6, 6.07) is -4.98. The number of thioether (sulfide) groups is 1. The highest BCUT2D eigenvalue weighted by Crippen LogP contribution is 2.04. The first-order chi connectivity index (χ1) is 14.4. The summed E-state index contributed by atoms with van der Waals surface area (Å²) in [5.74, 6) is -5.38. The van der Waals surface area contributed by atoms with Crippen LogP contribution in [0.5, 0.6) is 0 Å². The fraction of sp³-hybridized carbons (Fsp3) is 0.647. The van der Waals surface area contributed by atoms with Gasteiger partial charge >= 0.3 is 11.9 Å². The van der Waals surface area contributed by atoms with Crippen LogP contribution in [0.25, 0.3) is 0 Å². The molecule has 176 valence electrons. The van der Waals surface area contributed by atoms with Crippen LogP contribution in [0.3, 0.4) is 0 Å². The Hall–Kier alpha value is -2.87. The number of primary amides is 1. The van der Waals surface area contributed by atoms with E-state index in [9.17, 15) is 28.8 Å². The number of aliphatic carboxylic acids is 2. The Morgan fingerprint density at radius 2 is 1.48 bits per heavy atom. The van der Waals surface area contributed by atoms with Crippen molar-refractivity contribution in [3.63, 3.8) is 0 Å². The largest absolute Gasteiger partial charge is 0.481 e. The van der Waals surface area contributed by atoms with E-state index in [1.165, 1.54) is 18.7 Å². The molecule has 0 bridgehead atoms. The number of amides is 4. The molecule has 4 atom stereocenters. The van der Waals surface area contributed by atoms with Crippen molar-refractivity contribution >= 4 is 47.3 Å². The smallest absolute Gasteiger partial charge is 0.326 e. The van der Waals surface area contributed by atoms with Gasteiger partial charge in [0.2, 0.25) is 23.6 Å². The lowest BCUT2D eigenvalue weighted by Gasteiger charge is -2.23. The number of carboxylic acids is 2. The normalized spacial score (nSPS) is 14.4. The van der Waals surface area contributed by atoms with Gasteiger partial charge in [-0.25, -0.2) is 4.79 Å². The molecule has 0 aromatic carbocycles. The molecule has 0 spiro atoms. The Balaban J connectivity index is 5.02. The Bertz CT molecular complexity index is 689. The lowest BCUT2D eigenvalue weighted by Crippen LogP contribution is -2.56. The van der Waals surface area contributed by atoms with E-state index in [0.29, 0.717) is 5.75 Å². The standard InChI is InChI=1S/C17H29N5O8S/c1-8(14(26)22-11(17(29)30)7-13(24)25)20-16(28)10(5-6-31-2)21-15(27)9(18)3-4-12(19)23/h8-11H,3-7,18H2,1-2H3,(H2,19,23)(H,20,28)(H,21,27)(H,22,26)(H,24,25)(H,29,30). The molecular weight excluding hydrogens is 434 g/mol. The van der Waals surface area contributed by atoms with Crippen molar-refractivity contribution in [3.05, 3.63) is 0 Å². The molecule has 9 N–H and O–H groups in total. The van der Waals surface area contributed by atoms with Crippen molar-refractivity contribution in [3.8, 4) is 0 Å². The van der Waals surface area contributed by atoms with Gasteiger partial charge in [0.1, 0.15) is 18.1 Å². The highest BCUT2D eigenvalue weighted by Gasteiger charge is 2.29. The van der Waals surface area contributed by atoms with Crippen LogP contribution in [0.2, 0.25) is 0 Å². The summed E-state index contributed by atoms with van der Waals surface area (Å²) in [4.78, 5) is 69.5. The van der Waals surface area contributed by atoms with Crippen molar-refractivity contribution in [2.24, 2.45) is 11.5 Å². The molecule has 0 aliphatic carbocycles. The predicted octanol–water partition coefficient (Wildman–Crippen LogP) is -2.63. The van der Waals surface area contributed by atoms with E-state index >= 15 is 0 Å². The molecule has 0 fully saturated rings. The molecule has 0 saturated carbocycles. The van der Waals surface area contributed by atoms with E-state index in [2.05, 4.69) is 10.6 Å². The van der Waals surface area contributed by atoms with Crippen LogP contribution in [0.1, 0.15) is 32.6 Å². The minimum Gasteiger partial charge on any atom is -0.481 e. The second-order valence-corrected chi connectivity index (χ2v) is 7.67. The molecule has 13 nitrogen and oxygen atoms in total. The fourth-order valence-electron chi connectivity index (χ4n) is 2.26. The maximum Gasteiger partial charge on any atom is 0.326 e. The summed E-state index contributed by atoms with van der Waals surface area (Å²) in [7, 11) is 0. The van der Waals surface area contributed by atoms with Crippen LogP contribution < -0.4 is 27.4 Å². The van der Waals surface area contributed by atoms with Gasteiger partial charge in [0, 0.05) is 6.42 Å². The van der Waals surface area contributed by atoms with Crippen molar-refractivity contribution in [1.29, 1.82) is 0 Å². The zero-order valence-corrected chi connectivity index (χ0v) is 18.1. The first-order valence-corrected chi connectivity index (χ1v) is 10.7. The molecule has 0 aliphatic heterocycles. The van der Waals surface area contributed by atoms with Crippen LogP contribution >= 0.6 is 11.8 Å². The quantitative estimate of drug-likeness (QED) is 0.133. The number of hydrogen-bond acceptors (Lipinski definition) is 8. The molecule has 0 rings (SSSR count). The molecule has 4 unspecified atom stereocenters. The van der Waals surface area contributed by atoms with Gasteiger partial charge in [-0.15, -0.1) is 0 Å². The highest BCUT2D eigenvalue weighted by atomic mass is 32.2. The summed E-state index contributed by atoms with van der Waals surface area (Å²) in [5.41, 5.74) is 10.7. The average Bonchev–Trinajstić information content (AvgIpc) is 2.67. The Labute approximate surface area is 183 Å². The van der Waals surface area contributed by atoms with E-state index in [0.717, 1.165) is 0 Å². The van der Waals surface area contributed by atoms with Gasteiger partial charge in [-0.1, -0.05) is 0 Å². The molecule has 0 heterocycles. The molecule has 0 radical (unpaired) electrons. The van der Waals surface area contributed by atoms with Gasteiger partial charge in [-0.3, -0.25) is 24.0 Å². The van der Waals surface area contributed by atoms with Gasteiger partial charge in [-0.05, 0) is 31.8 Å². The van der Waals surface area contributed by atoms with E-state index in [-0.39, 0.29) is 19.3 Å². The van der Waals surface area contributed by atoms with E-state index < -0.39 is 66.2 Å². The third-order valence-corrected chi connectivity index (χ3v) is 4.67. The number of carbonyl (C=O) groups excluding carboxylic acids is 4.